The first kappa shape index (κ1) is 30.5. The number of amides is 2. The lowest BCUT2D eigenvalue weighted by Gasteiger charge is -2.32. The van der Waals surface area contributed by atoms with E-state index >= 15 is 0 Å². The zero-order chi connectivity index (χ0) is 29.3. The van der Waals surface area contributed by atoms with Crippen LogP contribution >= 0.6 is 0 Å². The number of sulfonamides is 1. The van der Waals surface area contributed by atoms with Crippen LogP contribution in [0.15, 0.2) is 83.8 Å². The first-order valence-corrected chi connectivity index (χ1v) is 14.5. The number of carbonyl (C=O) groups excluding carboxylic acids is 2. The van der Waals surface area contributed by atoms with Crippen LogP contribution in [0.1, 0.15) is 32.8 Å². The monoisotopic (exact) mass is 567 g/mol. The Kier molecular flexibility index (Phi) is 10.6. The Balaban J connectivity index is 2.05. The highest BCUT2D eigenvalue weighted by Crippen LogP contribution is 2.33. The summed E-state index contributed by atoms with van der Waals surface area (Å²) in [6.45, 7) is 5.06. The van der Waals surface area contributed by atoms with Gasteiger partial charge >= 0.3 is 0 Å². The lowest BCUT2D eigenvalue weighted by molar-refractivity contribution is -0.139. The minimum atomic E-state index is -4.23. The van der Waals surface area contributed by atoms with E-state index in [1.807, 2.05) is 44.2 Å². The standard InChI is InChI=1S/C30H37N3O6S/c1-6-22(2)31-30(35)23(3)32(20-24-12-8-7-9-13-24)29(34)21-33(27-14-10-11-15-28(27)39-5)40(36,37)26-18-16-25(38-4)17-19-26/h7-19,22-23H,6,20-21H2,1-5H3,(H,31,35). The topological polar surface area (TPSA) is 105 Å². The van der Waals surface area contributed by atoms with E-state index in [-0.39, 0.29) is 34.8 Å². The van der Waals surface area contributed by atoms with Crippen molar-refractivity contribution in [3.8, 4) is 11.5 Å². The third kappa shape index (κ3) is 7.32. The molecule has 3 aromatic rings. The molecule has 0 heterocycles. The molecule has 40 heavy (non-hydrogen) atoms. The lowest BCUT2D eigenvalue weighted by Crippen LogP contribution is -2.52. The third-order valence-corrected chi connectivity index (χ3v) is 8.42. The Morgan fingerprint density at radius 3 is 2.10 bits per heavy atom. The fourth-order valence-electron chi connectivity index (χ4n) is 4.05. The van der Waals surface area contributed by atoms with Crippen LogP contribution in [0.25, 0.3) is 0 Å². The molecule has 0 spiro atoms. The number of para-hydroxylation sites is 2. The van der Waals surface area contributed by atoms with Crippen LogP contribution in [-0.4, -0.2) is 58.0 Å². The van der Waals surface area contributed by atoms with E-state index in [1.54, 1.807) is 31.2 Å². The zero-order valence-electron chi connectivity index (χ0n) is 23.5. The molecule has 3 aromatic carbocycles. The third-order valence-electron chi connectivity index (χ3n) is 6.64. The molecular weight excluding hydrogens is 530 g/mol. The summed E-state index contributed by atoms with van der Waals surface area (Å²) in [4.78, 5) is 28.5. The first-order chi connectivity index (χ1) is 19.1. The molecule has 0 aliphatic carbocycles. The summed E-state index contributed by atoms with van der Waals surface area (Å²) in [6, 6.07) is 20.8. The summed E-state index contributed by atoms with van der Waals surface area (Å²) in [6.07, 6.45) is 0.729. The van der Waals surface area contributed by atoms with Gasteiger partial charge in [0.1, 0.15) is 24.1 Å². The van der Waals surface area contributed by atoms with Gasteiger partial charge in [0.25, 0.3) is 10.0 Å². The molecule has 2 amide bonds. The smallest absolute Gasteiger partial charge is 0.264 e. The number of ether oxygens (including phenoxy) is 2. The van der Waals surface area contributed by atoms with Gasteiger partial charge in [-0.05, 0) is 62.2 Å². The maximum absolute atomic E-state index is 14.0. The molecule has 0 bridgehead atoms. The van der Waals surface area contributed by atoms with Crippen molar-refractivity contribution >= 4 is 27.5 Å². The number of nitrogens with zero attached hydrogens (tertiary/aromatic N) is 2. The number of anilines is 1. The van der Waals surface area contributed by atoms with E-state index in [0.29, 0.717) is 5.75 Å². The molecule has 10 heteroatoms. The van der Waals surface area contributed by atoms with Crippen LogP contribution in [0.4, 0.5) is 5.69 Å². The summed E-state index contributed by atoms with van der Waals surface area (Å²) in [7, 11) is -1.31. The second-order valence-corrected chi connectivity index (χ2v) is 11.2. The van der Waals surface area contributed by atoms with Crippen molar-refractivity contribution < 1.29 is 27.5 Å². The van der Waals surface area contributed by atoms with Crippen molar-refractivity contribution in [3.63, 3.8) is 0 Å². The van der Waals surface area contributed by atoms with Gasteiger partial charge in [-0.25, -0.2) is 8.42 Å². The average molecular weight is 568 g/mol. The van der Waals surface area contributed by atoms with Crippen LogP contribution < -0.4 is 19.1 Å². The fourth-order valence-corrected chi connectivity index (χ4v) is 5.48. The number of carbonyl (C=O) groups is 2. The van der Waals surface area contributed by atoms with Crippen LogP contribution in [0.2, 0.25) is 0 Å². The quantitative estimate of drug-likeness (QED) is 0.332. The normalized spacial score (nSPS) is 12.6. The number of hydrogen-bond donors (Lipinski definition) is 1. The Labute approximate surface area is 236 Å². The summed E-state index contributed by atoms with van der Waals surface area (Å²) >= 11 is 0. The maximum atomic E-state index is 14.0. The second-order valence-electron chi connectivity index (χ2n) is 9.36. The van der Waals surface area contributed by atoms with Gasteiger partial charge in [0.15, 0.2) is 0 Å². The van der Waals surface area contributed by atoms with Crippen molar-refractivity contribution in [2.75, 3.05) is 25.1 Å². The predicted octanol–water partition coefficient (Wildman–Crippen LogP) is 4.23. The van der Waals surface area contributed by atoms with E-state index in [2.05, 4.69) is 5.32 Å². The summed E-state index contributed by atoms with van der Waals surface area (Å²) in [5, 5.41) is 2.92. The van der Waals surface area contributed by atoms with Gasteiger partial charge < -0.3 is 19.7 Å². The zero-order valence-corrected chi connectivity index (χ0v) is 24.4. The van der Waals surface area contributed by atoms with Crippen molar-refractivity contribution in [3.05, 3.63) is 84.4 Å². The van der Waals surface area contributed by atoms with Crippen molar-refractivity contribution in [1.82, 2.24) is 10.2 Å². The maximum Gasteiger partial charge on any atom is 0.264 e. The molecule has 0 aliphatic rings. The number of benzene rings is 3. The fraction of sp³-hybridized carbons (Fsp3) is 0.333. The molecule has 1 N–H and O–H groups in total. The molecule has 0 aliphatic heterocycles. The minimum absolute atomic E-state index is 0.0239. The molecule has 2 atom stereocenters. The van der Waals surface area contributed by atoms with Crippen molar-refractivity contribution in [2.24, 2.45) is 0 Å². The Morgan fingerprint density at radius 1 is 0.875 bits per heavy atom. The number of hydrogen-bond acceptors (Lipinski definition) is 6. The van der Waals surface area contributed by atoms with Gasteiger partial charge in [-0.15, -0.1) is 0 Å². The average Bonchev–Trinajstić information content (AvgIpc) is 2.98. The molecule has 9 nitrogen and oxygen atoms in total. The van der Waals surface area contributed by atoms with Crippen molar-refractivity contribution in [1.29, 1.82) is 0 Å². The minimum Gasteiger partial charge on any atom is -0.497 e. The number of nitrogens with one attached hydrogen (secondary N) is 1. The molecule has 0 radical (unpaired) electrons. The summed E-state index contributed by atoms with van der Waals surface area (Å²) < 4.78 is 39.6. The van der Waals surface area contributed by atoms with E-state index in [9.17, 15) is 18.0 Å². The van der Waals surface area contributed by atoms with Gasteiger partial charge in [0.05, 0.1) is 24.8 Å². The van der Waals surface area contributed by atoms with E-state index in [4.69, 9.17) is 9.47 Å². The van der Waals surface area contributed by atoms with E-state index < -0.39 is 28.5 Å². The Morgan fingerprint density at radius 2 is 1.50 bits per heavy atom. The Hall–Kier alpha value is -4.05. The van der Waals surface area contributed by atoms with Crippen LogP contribution in [0.5, 0.6) is 11.5 Å². The molecule has 0 aromatic heterocycles. The highest BCUT2D eigenvalue weighted by Gasteiger charge is 2.34. The molecular formula is C30H37N3O6S. The number of methoxy groups -OCH3 is 2. The lowest BCUT2D eigenvalue weighted by atomic mass is 10.1. The predicted molar refractivity (Wildman–Crippen MR) is 155 cm³/mol. The van der Waals surface area contributed by atoms with Crippen LogP contribution in [0, 0.1) is 0 Å². The summed E-state index contributed by atoms with van der Waals surface area (Å²) in [5.41, 5.74) is 1.01. The largest absolute Gasteiger partial charge is 0.497 e. The van der Waals surface area contributed by atoms with Gasteiger partial charge in [0, 0.05) is 12.6 Å². The molecule has 0 saturated carbocycles. The second kappa shape index (κ2) is 13.8. The molecule has 214 valence electrons. The number of rotatable bonds is 13. The van der Waals surface area contributed by atoms with Gasteiger partial charge in [-0.2, -0.15) is 0 Å². The van der Waals surface area contributed by atoms with E-state index in [1.165, 1.54) is 43.4 Å². The molecule has 0 fully saturated rings. The summed E-state index contributed by atoms with van der Waals surface area (Å²) in [5.74, 6) is -0.0854. The van der Waals surface area contributed by atoms with Crippen LogP contribution in [0.3, 0.4) is 0 Å². The van der Waals surface area contributed by atoms with E-state index in [0.717, 1.165) is 16.3 Å². The highest BCUT2D eigenvalue weighted by molar-refractivity contribution is 7.92. The molecule has 0 saturated heterocycles. The molecule has 3 rings (SSSR count). The van der Waals surface area contributed by atoms with Gasteiger partial charge in [-0.1, -0.05) is 49.4 Å². The van der Waals surface area contributed by atoms with Crippen molar-refractivity contribution in [2.45, 2.75) is 50.7 Å². The van der Waals surface area contributed by atoms with Gasteiger partial charge in [-0.3, -0.25) is 13.9 Å². The SMILES string of the molecule is CCC(C)NC(=O)C(C)N(Cc1ccccc1)C(=O)CN(c1ccccc1OC)S(=O)(=O)c1ccc(OC)cc1. The highest BCUT2D eigenvalue weighted by atomic mass is 32.2. The Bertz CT molecular complexity index is 1380. The van der Waals surface area contributed by atoms with Crippen LogP contribution in [-0.2, 0) is 26.2 Å². The molecule has 2 unspecified atom stereocenters. The first-order valence-electron chi connectivity index (χ1n) is 13.1. The van der Waals surface area contributed by atoms with Gasteiger partial charge in [0.2, 0.25) is 11.8 Å².